The standard InChI is InChI=1S/C29H30N4O.C2H6/c1-20-14-15-32(18-20)29(34)23-12-13-26-24(16-23)30-28(31(26)2)27-17-22-10-6-7-11-25(22)33(27)19-21-8-4-3-5-9-21;1-2/h3-13,16-17,20,28,30H,14-15,18-19H2,1-2H3;1-2H3. The number of hydrogen-bond acceptors (Lipinski definition) is 3. The van der Waals surface area contributed by atoms with Crippen LogP contribution in [0.3, 0.4) is 0 Å². The van der Waals surface area contributed by atoms with Crippen molar-refractivity contribution in [2.75, 3.05) is 30.4 Å². The van der Waals surface area contributed by atoms with Gasteiger partial charge in [-0.1, -0.05) is 69.3 Å². The van der Waals surface area contributed by atoms with Gasteiger partial charge in [0.1, 0.15) is 6.17 Å². The molecule has 2 unspecified atom stereocenters. The third kappa shape index (κ3) is 4.34. The lowest BCUT2D eigenvalue weighted by atomic mass is 10.1. The predicted octanol–water partition coefficient (Wildman–Crippen LogP) is 6.76. The summed E-state index contributed by atoms with van der Waals surface area (Å²) < 4.78 is 2.41. The Bertz CT molecular complexity index is 1360. The molecule has 1 N–H and O–H groups in total. The molecule has 36 heavy (non-hydrogen) atoms. The largest absolute Gasteiger partial charge is 0.359 e. The van der Waals surface area contributed by atoms with Crippen molar-refractivity contribution in [3.63, 3.8) is 0 Å². The van der Waals surface area contributed by atoms with Gasteiger partial charge in [0.05, 0.1) is 17.1 Å². The van der Waals surface area contributed by atoms with Gasteiger partial charge in [0.15, 0.2) is 0 Å². The fraction of sp³-hybridized carbons (Fsp3) is 0.323. The molecule has 186 valence electrons. The fourth-order valence-corrected chi connectivity index (χ4v) is 5.45. The zero-order valence-electron chi connectivity index (χ0n) is 21.7. The number of hydrogen-bond donors (Lipinski definition) is 1. The molecule has 2 atom stereocenters. The summed E-state index contributed by atoms with van der Waals surface area (Å²) in [6, 6.07) is 27.5. The average Bonchev–Trinajstić information content (AvgIpc) is 3.61. The minimum absolute atomic E-state index is 0.0109. The van der Waals surface area contributed by atoms with Crippen molar-refractivity contribution in [1.29, 1.82) is 0 Å². The number of amides is 1. The Kier molecular flexibility index (Phi) is 6.73. The van der Waals surface area contributed by atoms with Crippen LogP contribution < -0.4 is 10.2 Å². The van der Waals surface area contributed by atoms with Gasteiger partial charge in [-0.05, 0) is 48.2 Å². The van der Waals surface area contributed by atoms with Crippen LogP contribution in [0.25, 0.3) is 10.9 Å². The lowest BCUT2D eigenvalue weighted by Gasteiger charge is -2.24. The summed E-state index contributed by atoms with van der Waals surface area (Å²) in [4.78, 5) is 17.3. The van der Waals surface area contributed by atoms with Crippen LogP contribution in [0.2, 0.25) is 0 Å². The number of nitrogens with zero attached hydrogens (tertiary/aromatic N) is 3. The molecule has 0 radical (unpaired) electrons. The van der Waals surface area contributed by atoms with Crippen LogP contribution >= 0.6 is 0 Å². The van der Waals surface area contributed by atoms with E-state index in [1.54, 1.807) is 0 Å². The number of carbonyl (C=O) groups excluding carboxylic acids is 1. The zero-order valence-corrected chi connectivity index (χ0v) is 21.7. The smallest absolute Gasteiger partial charge is 0.253 e. The first-order valence-corrected chi connectivity index (χ1v) is 13.1. The predicted molar refractivity (Wildman–Crippen MR) is 150 cm³/mol. The minimum Gasteiger partial charge on any atom is -0.359 e. The summed E-state index contributed by atoms with van der Waals surface area (Å²) in [5.41, 5.74) is 6.61. The minimum atomic E-state index is -0.0109. The third-order valence-electron chi connectivity index (χ3n) is 7.32. The van der Waals surface area contributed by atoms with Gasteiger partial charge < -0.3 is 19.7 Å². The highest BCUT2D eigenvalue weighted by atomic mass is 16.2. The maximum absolute atomic E-state index is 13.1. The van der Waals surface area contributed by atoms with E-state index in [1.165, 1.54) is 22.2 Å². The molecule has 5 nitrogen and oxygen atoms in total. The van der Waals surface area contributed by atoms with Crippen molar-refractivity contribution in [3.8, 4) is 0 Å². The van der Waals surface area contributed by atoms with Crippen molar-refractivity contribution in [2.45, 2.75) is 39.9 Å². The van der Waals surface area contributed by atoms with Gasteiger partial charge in [0.2, 0.25) is 0 Å². The summed E-state index contributed by atoms with van der Waals surface area (Å²) in [5, 5.41) is 4.95. The first-order chi connectivity index (χ1) is 17.6. The molecule has 1 saturated heterocycles. The van der Waals surface area contributed by atoms with E-state index < -0.39 is 0 Å². The van der Waals surface area contributed by atoms with Crippen LogP contribution in [-0.2, 0) is 6.54 Å². The Morgan fingerprint density at radius 2 is 1.72 bits per heavy atom. The van der Waals surface area contributed by atoms with Gasteiger partial charge in [-0.3, -0.25) is 4.79 Å². The Labute approximate surface area is 214 Å². The van der Waals surface area contributed by atoms with E-state index in [4.69, 9.17) is 0 Å². The number of benzene rings is 3. The Balaban J connectivity index is 0.00000130. The number of carbonyl (C=O) groups is 1. The molecule has 0 spiro atoms. The molecular weight excluding hydrogens is 444 g/mol. The first kappa shape index (κ1) is 24.0. The lowest BCUT2D eigenvalue weighted by molar-refractivity contribution is 0.0788. The Morgan fingerprint density at radius 1 is 0.972 bits per heavy atom. The number of anilines is 2. The molecule has 1 amide bonds. The molecule has 1 fully saturated rings. The van der Waals surface area contributed by atoms with Crippen LogP contribution in [-0.4, -0.2) is 35.5 Å². The summed E-state index contributed by atoms with van der Waals surface area (Å²) in [7, 11) is 2.12. The molecule has 3 heterocycles. The number of likely N-dealkylation sites (tertiary alicyclic amines) is 1. The van der Waals surface area contributed by atoms with E-state index in [1.807, 2.05) is 30.9 Å². The second kappa shape index (κ2) is 10.1. The van der Waals surface area contributed by atoms with Gasteiger partial charge in [-0.25, -0.2) is 0 Å². The van der Waals surface area contributed by atoms with E-state index in [0.717, 1.165) is 43.0 Å². The number of para-hydroxylation sites is 1. The van der Waals surface area contributed by atoms with Crippen LogP contribution in [0.4, 0.5) is 11.4 Å². The van der Waals surface area contributed by atoms with E-state index in [9.17, 15) is 4.79 Å². The maximum Gasteiger partial charge on any atom is 0.253 e. The van der Waals surface area contributed by atoms with E-state index >= 15 is 0 Å². The summed E-state index contributed by atoms with van der Waals surface area (Å²) in [6.07, 6.45) is 1.08. The highest BCUT2D eigenvalue weighted by Gasteiger charge is 2.32. The third-order valence-corrected chi connectivity index (χ3v) is 7.32. The van der Waals surface area contributed by atoms with Crippen molar-refractivity contribution in [3.05, 3.63) is 95.7 Å². The average molecular weight is 481 g/mol. The molecule has 6 rings (SSSR count). The van der Waals surface area contributed by atoms with Gasteiger partial charge in [-0.2, -0.15) is 0 Å². The van der Waals surface area contributed by atoms with Crippen molar-refractivity contribution in [2.24, 2.45) is 5.92 Å². The van der Waals surface area contributed by atoms with Crippen molar-refractivity contribution in [1.82, 2.24) is 9.47 Å². The molecule has 1 aromatic heterocycles. The highest BCUT2D eigenvalue weighted by molar-refractivity contribution is 5.97. The summed E-state index contributed by atoms with van der Waals surface area (Å²) >= 11 is 0. The molecule has 4 aromatic rings. The monoisotopic (exact) mass is 480 g/mol. The van der Waals surface area contributed by atoms with E-state index in [2.05, 4.69) is 95.5 Å². The van der Waals surface area contributed by atoms with Gasteiger partial charge in [-0.15, -0.1) is 0 Å². The molecule has 0 saturated carbocycles. The fourth-order valence-electron chi connectivity index (χ4n) is 5.45. The normalized spacial score (nSPS) is 18.6. The van der Waals surface area contributed by atoms with Gasteiger partial charge in [0, 0.05) is 43.1 Å². The quantitative estimate of drug-likeness (QED) is 0.351. The molecule has 0 bridgehead atoms. The molecular formula is C31H36N4O. The molecule has 2 aliphatic heterocycles. The summed E-state index contributed by atoms with van der Waals surface area (Å²) in [5.74, 6) is 0.719. The Hall–Kier alpha value is -3.73. The van der Waals surface area contributed by atoms with E-state index in [-0.39, 0.29) is 12.1 Å². The molecule has 0 aliphatic carbocycles. The number of aromatic nitrogens is 1. The second-order valence-electron chi connectivity index (χ2n) is 9.73. The Morgan fingerprint density at radius 3 is 2.47 bits per heavy atom. The topological polar surface area (TPSA) is 40.5 Å². The van der Waals surface area contributed by atoms with Crippen molar-refractivity contribution < 1.29 is 4.79 Å². The highest BCUT2D eigenvalue weighted by Crippen LogP contribution is 2.42. The first-order valence-electron chi connectivity index (χ1n) is 13.1. The maximum atomic E-state index is 13.1. The number of rotatable bonds is 4. The zero-order chi connectivity index (χ0) is 25.2. The van der Waals surface area contributed by atoms with Gasteiger partial charge in [0.25, 0.3) is 5.91 Å². The van der Waals surface area contributed by atoms with Crippen LogP contribution in [0.5, 0.6) is 0 Å². The molecule has 5 heteroatoms. The van der Waals surface area contributed by atoms with Crippen LogP contribution in [0.1, 0.15) is 55.0 Å². The van der Waals surface area contributed by atoms with E-state index in [0.29, 0.717) is 5.92 Å². The van der Waals surface area contributed by atoms with Crippen molar-refractivity contribution >= 4 is 28.2 Å². The molecule has 2 aliphatic rings. The summed E-state index contributed by atoms with van der Waals surface area (Å²) in [6.45, 7) is 8.73. The lowest BCUT2D eigenvalue weighted by Crippen LogP contribution is -2.28. The van der Waals surface area contributed by atoms with Gasteiger partial charge >= 0.3 is 0 Å². The molecule has 3 aromatic carbocycles. The number of nitrogens with one attached hydrogen (secondary N) is 1. The van der Waals surface area contributed by atoms with Crippen LogP contribution in [0, 0.1) is 5.92 Å². The number of fused-ring (bicyclic) bond motifs is 2. The van der Waals surface area contributed by atoms with Crippen LogP contribution in [0.15, 0.2) is 78.9 Å². The SMILES string of the molecule is CC.CC1CCN(C(=O)c2ccc3c(c2)NC(c2cc4ccccc4n2Cc2ccccc2)N3C)C1. The second-order valence-corrected chi connectivity index (χ2v) is 9.73.